The maximum absolute atomic E-state index is 13.5. The number of ketones is 1. The molecule has 3 amide bonds. The van der Waals surface area contributed by atoms with E-state index in [2.05, 4.69) is 108 Å². The average molecular weight is 1230 g/mol. The number of aromatic nitrogens is 4. The number of thiophene rings is 2. The van der Waals surface area contributed by atoms with Gasteiger partial charge in [0.15, 0.2) is 0 Å². The normalized spacial score (nSPS) is 13.7. The van der Waals surface area contributed by atoms with Crippen LogP contribution in [0.15, 0.2) is 110 Å². The van der Waals surface area contributed by atoms with Crippen molar-refractivity contribution in [2.75, 3.05) is 25.0 Å². The summed E-state index contributed by atoms with van der Waals surface area (Å²) in [6, 6.07) is 25.9. The molecule has 10 rings (SSSR count). The number of hydrogen-bond acceptors (Lipinski definition) is 16. The maximum atomic E-state index is 13.5. The van der Waals surface area contributed by atoms with Crippen molar-refractivity contribution in [2.45, 2.75) is 165 Å². The zero-order chi connectivity index (χ0) is 60.1. The molecule has 15 nitrogen and oxygen atoms in total. The summed E-state index contributed by atoms with van der Waals surface area (Å²) in [6.45, 7) is 28.2. The highest BCUT2D eigenvalue weighted by molar-refractivity contribution is 7.23. The molecular weight excluding hydrogens is 1140 g/mol. The van der Waals surface area contributed by atoms with Crippen LogP contribution in [0, 0.1) is 0 Å². The van der Waals surface area contributed by atoms with E-state index >= 15 is 0 Å². The van der Waals surface area contributed by atoms with E-state index in [4.69, 9.17) is 19.4 Å². The van der Waals surface area contributed by atoms with E-state index in [1.165, 1.54) is 40.5 Å². The third-order valence-electron chi connectivity index (χ3n) is 14.3. The van der Waals surface area contributed by atoms with Crippen molar-refractivity contribution in [3.63, 3.8) is 0 Å². The zero-order valence-corrected chi connectivity index (χ0v) is 53.3. The van der Waals surface area contributed by atoms with E-state index in [1.807, 2.05) is 65.8 Å². The molecule has 2 aliphatic rings. The van der Waals surface area contributed by atoms with Gasteiger partial charge >= 0.3 is 12.2 Å². The second kappa shape index (κ2) is 30.1. The Bertz CT molecular complexity index is 3460. The number of pyridine rings is 2. The minimum Gasteiger partial charge on any atom is -0.444 e. The second-order valence-electron chi connectivity index (χ2n) is 23.1. The number of ether oxygens (including phenoxy) is 2. The van der Waals surface area contributed by atoms with Gasteiger partial charge in [0, 0.05) is 95.8 Å². The molecule has 2 atom stereocenters. The lowest BCUT2D eigenvalue weighted by molar-refractivity contribution is -0.119. The highest BCUT2D eigenvalue weighted by atomic mass is 32.1. The summed E-state index contributed by atoms with van der Waals surface area (Å²) in [4.78, 5) is 78.1. The topological polar surface area (TPSA) is 172 Å². The SMILES string of the molecule is C.C=CC(=O)Nc1sc2c(c1-c1nc3cnccc3s1)CCN(C(=O)OC(C)(C)C)C2.CC[C@H](C)N(CCC(=O)Cc1sc2c(c1-c1nc3cnccc3s1)CCN(C(=O)OC(C)(C)C)C2)Cc1ccccc1.CC[C@H](C)NCc1ccccc1. The molecule has 2 aromatic carbocycles. The van der Waals surface area contributed by atoms with Crippen LogP contribution in [0.2, 0.25) is 0 Å². The minimum absolute atomic E-state index is 0. The highest BCUT2D eigenvalue weighted by Gasteiger charge is 2.34. The van der Waals surface area contributed by atoms with Gasteiger partial charge in [0.05, 0.1) is 34.9 Å². The zero-order valence-electron chi connectivity index (χ0n) is 50.1. The number of benzene rings is 2. The first-order valence-electron chi connectivity index (χ1n) is 28.8. The molecule has 0 radical (unpaired) electrons. The molecular formula is C66H83N9O6S4. The number of nitrogens with one attached hydrogen (secondary N) is 2. The number of thiazole rings is 2. The first-order valence-corrected chi connectivity index (χ1v) is 32.1. The number of anilines is 1. The third kappa shape index (κ3) is 18.2. The van der Waals surface area contributed by atoms with Crippen LogP contribution in [-0.2, 0) is 64.5 Å². The number of carbonyl (C=O) groups excluding carboxylic acids is 4. The third-order valence-corrected chi connectivity index (χ3v) is 18.8. The summed E-state index contributed by atoms with van der Waals surface area (Å²) in [5, 5.41) is 8.85. The van der Waals surface area contributed by atoms with Crippen LogP contribution < -0.4 is 10.6 Å². The first-order chi connectivity index (χ1) is 40.2. The van der Waals surface area contributed by atoms with Gasteiger partial charge in [0.2, 0.25) is 5.91 Å². The molecule has 0 bridgehead atoms. The van der Waals surface area contributed by atoms with Gasteiger partial charge < -0.3 is 29.9 Å². The average Bonchev–Trinajstić information content (AvgIpc) is 2.24. The van der Waals surface area contributed by atoms with E-state index in [0.717, 1.165) is 92.8 Å². The number of amides is 3. The minimum atomic E-state index is -0.547. The molecule has 0 saturated heterocycles. The molecule has 2 N–H and O–H groups in total. The van der Waals surface area contributed by atoms with E-state index in [0.29, 0.717) is 63.9 Å². The fourth-order valence-corrected chi connectivity index (χ4v) is 14.4. The molecule has 6 aromatic heterocycles. The lowest BCUT2D eigenvalue weighted by atomic mass is 10.00. The fraction of sp³-hybridized carbons (Fsp3) is 0.424. The summed E-state index contributed by atoms with van der Waals surface area (Å²) >= 11 is 6.33. The Hall–Kier alpha value is -6.74. The van der Waals surface area contributed by atoms with Gasteiger partial charge in [-0.15, -0.1) is 45.3 Å². The van der Waals surface area contributed by atoms with Crippen molar-refractivity contribution in [1.82, 2.24) is 40.0 Å². The van der Waals surface area contributed by atoms with Crippen LogP contribution in [0.3, 0.4) is 0 Å². The quantitative estimate of drug-likeness (QED) is 0.0828. The summed E-state index contributed by atoms with van der Waals surface area (Å²) in [7, 11) is 0. The summed E-state index contributed by atoms with van der Waals surface area (Å²) in [5.41, 5.74) is 7.55. The molecule has 0 spiro atoms. The van der Waals surface area contributed by atoms with Crippen LogP contribution in [0.25, 0.3) is 41.6 Å². The fourth-order valence-electron chi connectivity index (χ4n) is 9.55. The predicted molar refractivity (Wildman–Crippen MR) is 351 cm³/mol. The molecule has 19 heteroatoms. The van der Waals surface area contributed by atoms with Crippen molar-refractivity contribution >= 4 is 94.7 Å². The standard InChI is InChI=1S/C33H40N4O3S2.C21H22N4O3S2.C11H17N.CH4/c1-6-22(2)36(20-23-10-8-7-9-11-23)16-13-24(38)18-28-30(31-35-26-19-34-15-12-27(26)42-31)25-14-17-37(21-29(25)41-28)32(39)40-33(3,4)5;1-5-16(26)24-19-17(18-23-13-10-22-8-6-14(13)29-18)12-7-9-25(11-15(12)30-19)20(27)28-21(2,3)4;1-3-10(2)12-9-11-7-5-4-6-8-11;/h7-12,15,19,22H,6,13-14,16-18,20-21H2,1-5H3;5-6,8,10H,1,7,9,11H2,2-4H3,(H,24,26);4-8,10,12H,3,9H2,1-2H3;1H4/t22-;;10-;/m0.0./s1. The largest absolute Gasteiger partial charge is 0.444 e. The maximum Gasteiger partial charge on any atom is 0.410 e. The van der Waals surface area contributed by atoms with Gasteiger partial charge in [0.1, 0.15) is 43.0 Å². The lowest BCUT2D eigenvalue weighted by Crippen LogP contribution is -2.39. The number of Topliss-reactive ketones (excluding diaryl/α,β-unsaturated/α-hetero) is 1. The predicted octanol–water partition coefficient (Wildman–Crippen LogP) is 15.6. The molecule has 0 aliphatic carbocycles. The highest BCUT2D eigenvalue weighted by Crippen LogP contribution is 2.46. The van der Waals surface area contributed by atoms with Crippen molar-refractivity contribution < 1.29 is 28.7 Å². The van der Waals surface area contributed by atoms with Gasteiger partial charge in [-0.2, -0.15) is 0 Å². The van der Waals surface area contributed by atoms with Crippen LogP contribution in [0.1, 0.15) is 133 Å². The Morgan fingerprint density at radius 1 is 0.706 bits per heavy atom. The van der Waals surface area contributed by atoms with E-state index in [9.17, 15) is 19.2 Å². The van der Waals surface area contributed by atoms with E-state index in [1.54, 1.807) is 68.6 Å². The molecule has 452 valence electrons. The number of fused-ring (bicyclic) bond motifs is 4. The smallest absolute Gasteiger partial charge is 0.410 e. The Morgan fingerprint density at radius 2 is 1.22 bits per heavy atom. The Morgan fingerprint density at radius 3 is 1.73 bits per heavy atom. The van der Waals surface area contributed by atoms with Crippen molar-refractivity contribution in [1.29, 1.82) is 0 Å². The van der Waals surface area contributed by atoms with Crippen LogP contribution >= 0.6 is 45.3 Å². The number of rotatable bonds is 17. The van der Waals surface area contributed by atoms with Crippen molar-refractivity contribution in [2.24, 2.45) is 0 Å². The van der Waals surface area contributed by atoms with E-state index in [-0.39, 0.29) is 31.3 Å². The molecule has 0 saturated carbocycles. The molecule has 0 fully saturated rings. The monoisotopic (exact) mass is 1230 g/mol. The molecule has 85 heavy (non-hydrogen) atoms. The summed E-state index contributed by atoms with van der Waals surface area (Å²) in [5.74, 6) is -0.0513. The van der Waals surface area contributed by atoms with Crippen LogP contribution in [0.4, 0.5) is 14.6 Å². The van der Waals surface area contributed by atoms with E-state index < -0.39 is 11.2 Å². The van der Waals surface area contributed by atoms with Crippen LogP contribution in [-0.4, -0.2) is 101 Å². The number of nitrogens with zero attached hydrogens (tertiary/aromatic N) is 7. The second-order valence-corrected chi connectivity index (χ2v) is 27.4. The van der Waals surface area contributed by atoms with Crippen molar-refractivity contribution in [3.8, 4) is 21.1 Å². The van der Waals surface area contributed by atoms with Gasteiger partial charge in [-0.25, -0.2) is 19.6 Å². The molecule has 8 heterocycles. The summed E-state index contributed by atoms with van der Waals surface area (Å²) < 4.78 is 13.3. The molecule has 8 aromatic rings. The van der Waals surface area contributed by atoms with Gasteiger partial charge in [0.25, 0.3) is 0 Å². The first kappa shape index (κ1) is 65.8. The van der Waals surface area contributed by atoms with Gasteiger partial charge in [-0.05, 0) is 122 Å². The molecule has 2 aliphatic heterocycles. The lowest BCUT2D eigenvalue weighted by Gasteiger charge is -2.30. The Kier molecular flexibility index (Phi) is 23.3. The van der Waals surface area contributed by atoms with Crippen molar-refractivity contribution in [3.05, 3.63) is 147 Å². The Labute approximate surface area is 517 Å². The van der Waals surface area contributed by atoms with Gasteiger partial charge in [-0.1, -0.05) is 88.5 Å². The number of hydrogen-bond donors (Lipinski definition) is 2. The van der Waals surface area contributed by atoms with Gasteiger partial charge in [-0.3, -0.25) is 24.5 Å². The Balaban J connectivity index is 0.000000209. The molecule has 0 unspecified atom stereocenters. The van der Waals surface area contributed by atoms with Crippen LogP contribution in [0.5, 0.6) is 0 Å². The number of carbonyl (C=O) groups is 4. The summed E-state index contributed by atoms with van der Waals surface area (Å²) in [6.07, 6.45) is 12.1.